The van der Waals surface area contributed by atoms with Gasteiger partial charge in [-0.2, -0.15) is 0 Å². The fourth-order valence-electron chi connectivity index (χ4n) is 2.59. The van der Waals surface area contributed by atoms with Crippen molar-refractivity contribution < 1.29 is 19.1 Å². The van der Waals surface area contributed by atoms with Crippen LogP contribution in [0.1, 0.15) is 28.4 Å². The summed E-state index contributed by atoms with van der Waals surface area (Å²) in [5, 5.41) is 0.394. The highest BCUT2D eigenvalue weighted by Crippen LogP contribution is 2.38. The third-order valence-electron chi connectivity index (χ3n) is 3.96. The summed E-state index contributed by atoms with van der Waals surface area (Å²) < 4.78 is 10.9. The summed E-state index contributed by atoms with van der Waals surface area (Å²) >= 11 is 6.16. The number of halogens is 1. The van der Waals surface area contributed by atoms with Crippen molar-refractivity contribution in [1.82, 2.24) is 10.9 Å². The second kappa shape index (κ2) is 8.10. The van der Waals surface area contributed by atoms with Gasteiger partial charge in [-0.3, -0.25) is 20.4 Å². The predicted molar refractivity (Wildman–Crippen MR) is 97.6 cm³/mol. The Labute approximate surface area is 156 Å². The lowest BCUT2D eigenvalue weighted by Gasteiger charge is -2.20. The van der Waals surface area contributed by atoms with Gasteiger partial charge in [-0.15, -0.1) is 0 Å². The second-order valence-electron chi connectivity index (χ2n) is 5.83. The summed E-state index contributed by atoms with van der Waals surface area (Å²) in [4.78, 5) is 24.2. The minimum absolute atomic E-state index is 0.0470. The molecule has 0 aliphatic carbocycles. The van der Waals surface area contributed by atoms with Gasteiger partial charge in [0.25, 0.3) is 5.91 Å². The predicted octanol–water partition coefficient (Wildman–Crippen LogP) is 2.68. The first-order valence-corrected chi connectivity index (χ1v) is 8.70. The first kappa shape index (κ1) is 18.1. The number of hydrogen-bond donors (Lipinski definition) is 2. The Morgan fingerprint density at radius 2 is 1.77 bits per heavy atom. The molecule has 2 amide bonds. The van der Waals surface area contributed by atoms with E-state index in [9.17, 15) is 9.59 Å². The Kier molecular flexibility index (Phi) is 5.63. The zero-order valence-electron chi connectivity index (χ0n) is 14.3. The Hall–Kier alpha value is -2.73. The fraction of sp³-hybridized carbons (Fsp3) is 0.263. The van der Waals surface area contributed by atoms with Crippen molar-refractivity contribution in [2.75, 3.05) is 13.2 Å². The highest BCUT2D eigenvalue weighted by molar-refractivity contribution is 6.32. The Balaban J connectivity index is 1.57. The number of carbonyl (C=O) groups excluding carboxylic acids is 2. The van der Waals surface area contributed by atoms with E-state index >= 15 is 0 Å². The van der Waals surface area contributed by atoms with Gasteiger partial charge in [0.2, 0.25) is 5.91 Å². The van der Waals surface area contributed by atoms with E-state index in [1.807, 2.05) is 19.1 Å². The topological polar surface area (TPSA) is 76.7 Å². The minimum Gasteiger partial charge on any atom is -0.486 e. The minimum atomic E-state index is -0.374. The van der Waals surface area contributed by atoms with E-state index in [0.29, 0.717) is 40.9 Å². The Bertz CT molecular complexity index is 821. The van der Waals surface area contributed by atoms with Crippen molar-refractivity contribution in [2.45, 2.75) is 19.8 Å². The van der Waals surface area contributed by atoms with E-state index in [4.69, 9.17) is 21.1 Å². The summed E-state index contributed by atoms with van der Waals surface area (Å²) in [6.07, 6.45) is 0.947. The van der Waals surface area contributed by atoms with E-state index in [0.717, 1.165) is 12.0 Å². The summed E-state index contributed by atoms with van der Waals surface area (Å²) in [6.45, 7) is 2.92. The number of rotatable bonds is 4. The molecule has 1 heterocycles. The van der Waals surface area contributed by atoms with Crippen molar-refractivity contribution in [3.8, 4) is 11.5 Å². The molecule has 0 saturated heterocycles. The van der Waals surface area contributed by atoms with Crippen LogP contribution < -0.4 is 20.3 Å². The molecule has 2 aromatic rings. The molecule has 2 N–H and O–H groups in total. The molecule has 6 nitrogen and oxygen atoms in total. The maximum atomic E-state index is 12.1. The van der Waals surface area contributed by atoms with Gasteiger partial charge in [0, 0.05) is 5.56 Å². The molecule has 136 valence electrons. The van der Waals surface area contributed by atoms with Gasteiger partial charge in [-0.05, 0) is 41.8 Å². The van der Waals surface area contributed by atoms with Gasteiger partial charge in [-0.1, -0.05) is 30.7 Å². The molecular formula is C19H19ClN2O4. The van der Waals surface area contributed by atoms with E-state index in [1.165, 1.54) is 0 Å². The lowest BCUT2D eigenvalue weighted by atomic mass is 10.1. The Morgan fingerprint density at radius 3 is 2.50 bits per heavy atom. The second-order valence-corrected chi connectivity index (χ2v) is 6.24. The molecule has 1 aliphatic rings. The van der Waals surface area contributed by atoms with Crippen LogP contribution in [0.25, 0.3) is 0 Å². The van der Waals surface area contributed by atoms with Crippen LogP contribution in [0.4, 0.5) is 0 Å². The van der Waals surface area contributed by atoms with Crippen molar-refractivity contribution in [2.24, 2.45) is 0 Å². The van der Waals surface area contributed by atoms with Crippen LogP contribution in [0, 0.1) is 0 Å². The molecule has 0 fully saturated rings. The SMILES string of the molecule is CCc1ccc(C(=O)NNC(=O)Cc2cc(Cl)c3c(c2)OCCO3)cc1. The lowest BCUT2D eigenvalue weighted by molar-refractivity contribution is -0.121. The number of carbonyl (C=O) groups is 2. The van der Waals surface area contributed by atoms with Crippen LogP contribution in [0.5, 0.6) is 11.5 Å². The number of hydrogen-bond acceptors (Lipinski definition) is 4. The normalized spacial score (nSPS) is 12.4. The van der Waals surface area contributed by atoms with Gasteiger partial charge in [0.1, 0.15) is 13.2 Å². The van der Waals surface area contributed by atoms with Gasteiger partial charge >= 0.3 is 0 Å². The molecule has 0 aromatic heterocycles. The van der Waals surface area contributed by atoms with Crippen LogP contribution in [-0.4, -0.2) is 25.0 Å². The van der Waals surface area contributed by atoms with Crippen molar-refractivity contribution in [1.29, 1.82) is 0 Å². The lowest BCUT2D eigenvalue weighted by Crippen LogP contribution is -2.42. The highest BCUT2D eigenvalue weighted by Gasteiger charge is 2.18. The van der Waals surface area contributed by atoms with Crippen LogP contribution in [-0.2, 0) is 17.6 Å². The monoisotopic (exact) mass is 374 g/mol. The molecule has 0 unspecified atom stereocenters. The van der Waals surface area contributed by atoms with Crippen LogP contribution in [0.3, 0.4) is 0 Å². The van der Waals surface area contributed by atoms with Crippen LogP contribution in [0.15, 0.2) is 36.4 Å². The summed E-state index contributed by atoms with van der Waals surface area (Å²) in [7, 11) is 0. The van der Waals surface area contributed by atoms with Crippen molar-refractivity contribution in [3.05, 3.63) is 58.1 Å². The number of hydrazine groups is 1. The van der Waals surface area contributed by atoms with E-state index < -0.39 is 0 Å². The largest absolute Gasteiger partial charge is 0.486 e. The molecule has 0 bridgehead atoms. The quantitative estimate of drug-likeness (QED) is 0.807. The smallest absolute Gasteiger partial charge is 0.269 e. The number of benzene rings is 2. The fourth-order valence-corrected chi connectivity index (χ4v) is 2.87. The molecule has 2 aromatic carbocycles. The third-order valence-corrected chi connectivity index (χ3v) is 4.24. The van der Waals surface area contributed by atoms with Crippen LogP contribution in [0.2, 0.25) is 5.02 Å². The van der Waals surface area contributed by atoms with Gasteiger partial charge in [0.05, 0.1) is 11.4 Å². The first-order chi connectivity index (χ1) is 12.6. The van der Waals surface area contributed by atoms with Gasteiger partial charge < -0.3 is 9.47 Å². The average Bonchev–Trinajstić information content (AvgIpc) is 2.66. The molecule has 3 rings (SSSR count). The summed E-state index contributed by atoms with van der Waals surface area (Å²) in [5.41, 5.74) is 7.09. The number of amides is 2. The molecule has 0 spiro atoms. The molecular weight excluding hydrogens is 356 g/mol. The highest BCUT2D eigenvalue weighted by atomic mass is 35.5. The number of aryl methyl sites for hydroxylation is 1. The summed E-state index contributed by atoms with van der Waals surface area (Å²) in [6, 6.07) is 10.6. The van der Waals surface area contributed by atoms with Crippen molar-refractivity contribution >= 4 is 23.4 Å². The van der Waals surface area contributed by atoms with Crippen LogP contribution >= 0.6 is 11.6 Å². The van der Waals surface area contributed by atoms with Gasteiger partial charge in [-0.25, -0.2) is 0 Å². The number of nitrogens with one attached hydrogen (secondary N) is 2. The zero-order valence-corrected chi connectivity index (χ0v) is 15.1. The molecule has 0 atom stereocenters. The zero-order chi connectivity index (χ0) is 18.5. The number of fused-ring (bicyclic) bond motifs is 1. The maximum absolute atomic E-state index is 12.1. The molecule has 1 aliphatic heterocycles. The Morgan fingerprint density at radius 1 is 1.04 bits per heavy atom. The first-order valence-electron chi connectivity index (χ1n) is 8.33. The maximum Gasteiger partial charge on any atom is 0.269 e. The number of ether oxygens (including phenoxy) is 2. The van der Waals surface area contributed by atoms with E-state index in [2.05, 4.69) is 10.9 Å². The van der Waals surface area contributed by atoms with Crippen molar-refractivity contribution in [3.63, 3.8) is 0 Å². The molecule has 0 saturated carbocycles. The summed E-state index contributed by atoms with van der Waals surface area (Å²) in [5.74, 6) is 0.273. The van der Waals surface area contributed by atoms with Gasteiger partial charge in [0.15, 0.2) is 11.5 Å². The molecule has 0 radical (unpaired) electrons. The van der Waals surface area contributed by atoms with E-state index in [1.54, 1.807) is 24.3 Å². The third kappa shape index (κ3) is 4.26. The standard InChI is InChI=1S/C19H19ClN2O4/c1-2-12-3-5-14(6-4-12)19(24)22-21-17(23)11-13-9-15(20)18-16(10-13)25-7-8-26-18/h3-6,9-10H,2,7-8,11H2,1H3,(H,21,23)(H,22,24). The average molecular weight is 375 g/mol. The molecule has 7 heteroatoms. The van der Waals surface area contributed by atoms with E-state index in [-0.39, 0.29) is 18.2 Å². The molecule has 26 heavy (non-hydrogen) atoms.